The first-order valence-corrected chi connectivity index (χ1v) is 12.5. The summed E-state index contributed by atoms with van der Waals surface area (Å²) >= 11 is 1.26. The number of nitrogens with one attached hydrogen (secondary N) is 3. The number of rotatable bonds is 7. The number of hydrogen-bond donors (Lipinski definition) is 3. The fourth-order valence-corrected chi connectivity index (χ4v) is 6.25. The van der Waals surface area contributed by atoms with Crippen LogP contribution in [0.25, 0.3) is 0 Å². The topological polar surface area (TPSA) is 103 Å². The van der Waals surface area contributed by atoms with Crippen molar-refractivity contribution in [3.63, 3.8) is 0 Å². The molecule has 1 atom stereocenters. The van der Waals surface area contributed by atoms with Gasteiger partial charge in [-0.3, -0.25) is 9.79 Å². The molecule has 0 aromatic carbocycles. The lowest BCUT2D eigenvalue weighted by Gasteiger charge is -2.21. The molecule has 0 radical (unpaired) electrons. The second-order valence-corrected chi connectivity index (χ2v) is 10.9. The lowest BCUT2D eigenvalue weighted by molar-refractivity contribution is -0.134. The minimum absolute atomic E-state index is 0. The monoisotopic (exact) mass is 569 g/mol. The Morgan fingerprint density at radius 1 is 1.23 bits per heavy atom. The maximum Gasteiger partial charge on any atom is 0.250 e. The normalized spacial score (nSPS) is 20.3. The van der Waals surface area contributed by atoms with Gasteiger partial charge in [0.1, 0.15) is 4.21 Å². The van der Waals surface area contributed by atoms with Crippen molar-refractivity contribution in [3.8, 4) is 0 Å². The third-order valence-electron chi connectivity index (χ3n) is 5.46. The van der Waals surface area contributed by atoms with E-state index >= 15 is 0 Å². The van der Waals surface area contributed by atoms with Gasteiger partial charge < -0.3 is 15.5 Å². The van der Waals surface area contributed by atoms with Crippen molar-refractivity contribution < 1.29 is 13.2 Å². The Bertz CT molecular complexity index is 837. The molecule has 30 heavy (non-hydrogen) atoms. The molecule has 1 saturated heterocycles. The van der Waals surface area contributed by atoms with E-state index in [2.05, 4.69) is 20.3 Å². The third-order valence-corrected chi connectivity index (χ3v) is 8.41. The first kappa shape index (κ1) is 25.3. The van der Waals surface area contributed by atoms with Crippen LogP contribution in [0.1, 0.15) is 37.0 Å². The van der Waals surface area contributed by atoms with Crippen molar-refractivity contribution in [2.45, 2.75) is 49.3 Å². The van der Waals surface area contributed by atoms with Crippen LogP contribution >= 0.6 is 35.3 Å². The van der Waals surface area contributed by atoms with Crippen LogP contribution in [0.5, 0.6) is 0 Å². The highest BCUT2D eigenvalue weighted by Gasteiger charge is 2.32. The number of sulfonamides is 1. The number of guanidine groups is 1. The predicted octanol–water partition coefficient (Wildman–Crippen LogP) is 1.91. The second kappa shape index (κ2) is 11.6. The Morgan fingerprint density at radius 2 is 1.97 bits per heavy atom. The van der Waals surface area contributed by atoms with E-state index in [4.69, 9.17) is 0 Å². The van der Waals surface area contributed by atoms with Crippen LogP contribution in [0.3, 0.4) is 0 Å². The van der Waals surface area contributed by atoms with Crippen molar-refractivity contribution in [3.05, 3.63) is 17.0 Å². The van der Waals surface area contributed by atoms with Gasteiger partial charge in [0.2, 0.25) is 15.9 Å². The average molecular weight is 570 g/mol. The van der Waals surface area contributed by atoms with Crippen molar-refractivity contribution in [2.75, 3.05) is 33.2 Å². The summed E-state index contributed by atoms with van der Waals surface area (Å²) in [6.07, 6.45) is 5.27. The Balaban J connectivity index is 0.00000320. The summed E-state index contributed by atoms with van der Waals surface area (Å²) < 4.78 is 27.4. The zero-order valence-corrected chi connectivity index (χ0v) is 21.5. The fraction of sp³-hybridized carbons (Fsp3) is 0.684. The molecule has 1 aromatic rings. The molecule has 1 aliphatic heterocycles. The third kappa shape index (κ3) is 6.79. The number of hydrogen-bond acceptors (Lipinski definition) is 5. The quantitative estimate of drug-likeness (QED) is 0.202. The number of carbonyl (C=O) groups is 1. The lowest BCUT2D eigenvalue weighted by Crippen LogP contribution is -2.47. The molecule has 1 aromatic heterocycles. The summed E-state index contributed by atoms with van der Waals surface area (Å²) in [6, 6.07) is 3.58. The summed E-state index contributed by atoms with van der Waals surface area (Å²) in [6.45, 7) is 4.04. The van der Waals surface area contributed by atoms with Crippen LogP contribution in [-0.4, -0.2) is 64.5 Å². The van der Waals surface area contributed by atoms with Crippen molar-refractivity contribution >= 4 is 57.2 Å². The van der Waals surface area contributed by atoms with E-state index in [9.17, 15) is 13.2 Å². The van der Waals surface area contributed by atoms with Crippen LogP contribution in [0.4, 0.5) is 0 Å². The Labute approximate surface area is 200 Å². The number of likely N-dealkylation sites (tertiary alicyclic amines) is 1. The molecule has 11 heteroatoms. The number of thiophene rings is 1. The van der Waals surface area contributed by atoms with E-state index in [0.717, 1.165) is 30.7 Å². The van der Waals surface area contributed by atoms with Crippen LogP contribution in [0, 0.1) is 12.8 Å². The summed E-state index contributed by atoms with van der Waals surface area (Å²) in [7, 11) is -1.78. The summed E-state index contributed by atoms with van der Waals surface area (Å²) in [5, 5.41) is 6.48. The minimum Gasteiger partial charge on any atom is -0.355 e. The molecule has 1 amide bonds. The number of aryl methyl sites for hydroxylation is 1. The van der Waals surface area contributed by atoms with Gasteiger partial charge in [-0.2, -0.15) is 0 Å². The van der Waals surface area contributed by atoms with Crippen LogP contribution in [0.2, 0.25) is 0 Å². The maximum absolute atomic E-state index is 12.6. The molecule has 0 spiro atoms. The molecular weight excluding hydrogens is 537 g/mol. The molecule has 1 saturated carbocycles. The van der Waals surface area contributed by atoms with Gasteiger partial charge in [0.25, 0.3) is 0 Å². The van der Waals surface area contributed by atoms with E-state index in [0.29, 0.717) is 29.2 Å². The van der Waals surface area contributed by atoms with Crippen molar-refractivity contribution in [1.82, 2.24) is 20.3 Å². The molecule has 3 rings (SSSR count). The minimum atomic E-state index is -3.47. The average Bonchev–Trinajstić information content (AvgIpc) is 3.45. The van der Waals surface area contributed by atoms with E-state index in [1.807, 2.05) is 11.8 Å². The number of amides is 1. The summed E-state index contributed by atoms with van der Waals surface area (Å²) in [5.41, 5.74) is 0. The molecule has 1 aliphatic carbocycles. The highest BCUT2D eigenvalue weighted by Crippen LogP contribution is 2.27. The summed E-state index contributed by atoms with van der Waals surface area (Å²) in [4.78, 5) is 19.7. The van der Waals surface area contributed by atoms with E-state index in [-0.39, 0.29) is 42.5 Å². The lowest BCUT2D eigenvalue weighted by atomic mass is 10.1. The Morgan fingerprint density at radius 3 is 2.60 bits per heavy atom. The molecule has 170 valence electrons. The van der Waals surface area contributed by atoms with Gasteiger partial charge in [-0.1, -0.05) is 12.8 Å². The van der Waals surface area contributed by atoms with Gasteiger partial charge in [-0.05, 0) is 38.3 Å². The number of halogens is 1. The van der Waals surface area contributed by atoms with Gasteiger partial charge in [0.15, 0.2) is 5.96 Å². The number of nitrogens with zero attached hydrogens (tertiary/aromatic N) is 2. The highest BCUT2D eigenvalue weighted by atomic mass is 127. The first-order valence-electron chi connectivity index (χ1n) is 10.2. The van der Waals surface area contributed by atoms with Crippen LogP contribution < -0.4 is 15.4 Å². The number of aliphatic imine (C=N–C) groups is 1. The number of carbonyl (C=O) groups excluding carboxylic acids is 1. The highest BCUT2D eigenvalue weighted by molar-refractivity contribution is 14.0. The summed E-state index contributed by atoms with van der Waals surface area (Å²) in [5.74, 6) is 1.13. The van der Waals surface area contributed by atoms with Gasteiger partial charge >= 0.3 is 0 Å². The molecule has 2 heterocycles. The first-order chi connectivity index (χ1) is 13.9. The zero-order chi connectivity index (χ0) is 20.9. The molecule has 2 aliphatic rings. The zero-order valence-electron chi connectivity index (χ0n) is 17.5. The predicted molar refractivity (Wildman–Crippen MR) is 131 cm³/mol. The maximum atomic E-state index is 12.6. The van der Waals surface area contributed by atoms with Gasteiger partial charge in [0.05, 0.1) is 0 Å². The van der Waals surface area contributed by atoms with Gasteiger partial charge in [-0.25, -0.2) is 13.1 Å². The Kier molecular flexibility index (Phi) is 9.82. The van der Waals surface area contributed by atoms with Gasteiger partial charge in [-0.15, -0.1) is 35.3 Å². The second-order valence-electron chi connectivity index (χ2n) is 7.66. The smallest absolute Gasteiger partial charge is 0.250 e. The molecule has 1 unspecified atom stereocenters. The molecule has 8 nitrogen and oxygen atoms in total. The molecular formula is C19H32IN5O3S2. The Hall–Kier alpha value is -0.920. The van der Waals surface area contributed by atoms with Crippen molar-refractivity contribution in [2.24, 2.45) is 10.9 Å². The largest absolute Gasteiger partial charge is 0.355 e. The van der Waals surface area contributed by atoms with E-state index in [1.165, 1.54) is 24.2 Å². The van der Waals surface area contributed by atoms with Crippen LogP contribution in [0.15, 0.2) is 21.3 Å². The van der Waals surface area contributed by atoms with E-state index in [1.54, 1.807) is 19.2 Å². The SMILES string of the molecule is CN=C(NCCNS(=O)(=O)c1ccc(C)s1)NC1CCN(C(=O)C2CCCC2)C1.I. The molecule has 3 N–H and O–H groups in total. The van der Waals surface area contributed by atoms with E-state index < -0.39 is 10.0 Å². The fourth-order valence-electron chi connectivity index (χ4n) is 3.89. The van der Waals surface area contributed by atoms with Crippen LogP contribution in [-0.2, 0) is 14.8 Å². The molecule has 0 bridgehead atoms. The molecule has 2 fully saturated rings. The van der Waals surface area contributed by atoms with Crippen molar-refractivity contribution in [1.29, 1.82) is 0 Å². The van der Waals surface area contributed by atoms with Gasteiger partial charge in [0, 0.05) is 50.1 Å². The standard InChI is InChI=1S/C19H31N5O3S2.HI/c1-14-7-8-17(28-14)29(26,27)22-11-10-21-19(20-2)23-16-9-12-24(13-16)18(25)15-5-3-4-6-15;/h7-8,15-16,22H,3-6,9-13H2,1-2H3,(H2,20,21,23);1H.